The number of rotatable bonds is 32. The minimum atomic E-state index is -3.75. The SMILES string of the molecule is CCCCOP(=O)(O)OCCCC.CCCCOP(=O)(O)OCCCC.CCCCOP(=O)(O)OCCCC.CCCCOP(=O)(O)OCCCC.[U]. The predicted molar refractivity (Wildman–Crippen MR) is 206 cm³/mol. The Bertz CT molecular complexity index is 736. The van der Waals surface area contributed by atoms with E-state index in [1.54, 1.807) is 0 Å². The summed E-state index contributed by atoms with van der Waals surface area (Å²) in [4.78, 5) is 36.3. The molecule has 0 aromatic rings. The second-order valence-corrected chi connectivity index (χ2v) is 17.2. The third-order valence-electron chi connectivity index (χ3n) is 6.02. The standard InChI is InChI=1S/4C8H19O4P.U/c4*1-3-5-7-11-13(9,10)12-8-6-4-2;/h4*3-8H2,1-2H3,(H,9,10);. The van der Waals surface area contributed by atoms with Gasteiger partial charge in [0.15, 0.2) is 0 Å². The summed E-state index contributed by atoms with van der Waals surface area (Å²) in [5.74, 6) is 0. The Labute approximate surface area is 345 Å². The van der Waals surface area contributed by atoms with Crippen LogP contribution in [0.1, 0.15) is 158 Å². The smallest absolute Gasteiger partial charge is 0.302 e. The van der Waals surface area contributed by atoms with Crippen LogP contribution in [0.25, 0.3) is 0 Å². The van der Waals surface area contributed by atoms with E-state index in [0.717, 1.165) is 103 Å². The quantitative estimate of drug-likeness (QED) is 0.0363. The van der Waals surface area contributed by atoms with Crippen molar-refractivity contribution in [3.63, 3.8) is 0 Å². The molecule has 53 heavy (non-hydrogen) atoms. The van der Waals surface area contributed by atoms with E-state index in [9.17, 15) is 18.3 Å². The van der Waals surface area contributed by atoms with Gasteiger partial charge in [0.2, 0.25) is 0 Å². The first kappa shape index (κ1) is 63.7. The normalized spacial score (nSPS) is 11.7. The second kappa shape index (κ2) is 44.6. The zero-order valence-corrected chi connectivity index (χ0v) is 41.7. The van der Waals surface area contributed by atoms with Gasteiger partial charge in [0.05, 0.1) is 52.9 Å². The van der Waals surface area contributed by atoms with Crippen molar-refractivity contribution in [2.24, 2.45) is 0 Å². The van der Waals surface area contributed by atoms with Gasteiger partial charge in [-0.15, -0.1) is 0 Å². The van der Waals surface area contributed by atoms with Crippen LogP contribution in [-0.2, 0) is 54.5 Å². The Morgan fingerprint density at radius 3 is 0.453 bits per heavy atom. The molecule has 0 fully saturated rings. The van der Waals surface area contributed by atoms with E-state index in [1.165, 1.54) is 0 Å². The van der Waals surface area contributed by atoms with Crippen molar-refractivity contribution in [1.82, 2.24) is 0 Å². The minimum Gasteiger partial charge on any atom is -0.302 e. The predicted octanol–water partition coefficient (Wildman–Crippen LogP) is 10.9. The summed E-state index contributed by atoms with van der Waals surface area (Å²) in [7, 11) is -15.0. The van der Waals surface area contributed by atoms with Crippen molar-refractivity contribution in [1.29, 1.82) is 0 Å². The molecule has 0 aliphatic heterocycles. The van der Waals surface area contributed by atoms with Crippen LogP contribution >= 0.6 is 31.3 Å². The maximum atomic E-state index is 11.1. The van der Waals surface area contributed by atoms with Gasteiger partial charge in [0.25, 0.3) is 0 Å². The van der Waals surface area contributed by atoms with E-state index < -0.39 is 31.3 Å². The van der Waals surface area contributed by atoms with Crippen LogP contribution in [0.2, 0.25) is 0 Å². The molecular weight excluding hydrogens is 1000 g/mol. The fraction of sp³-hybridized carbons (Fsp3) is 1.00. The number of hydrogen-bond acceptors (Lipinski definition) is 12. The van der Waals surface area contributed by atoms with Crippen molar-refractivity contribution >= 4 is 31.3 Å². The number of unbranched alkanes of at least 4 members (excludes halogenated alkanes) is 8. The number of phosphoric acid groups is 4. The molecule has 0 amide bonds. The summed E-state index contributed by atoms with van der Waals surface area (Å²) in [5, 5.41) is 0. The van der Waals surface area contributed by atoms with Gasteiger partial charge >= 0.3 is 31.3 Å². The zero-order chi connectivity index (χ0) is 40.6. The number of hydrogen-bond donors (Lipinski definition) is 4. The summed E-state index contributed by atoms with van der Waals surface area (Å²) < 4.78 is 81.9. The summed E-state index contributed by atoms with van der Waals surface area (Å²) in [5.41, 5.74) is 0. The maximum Gasteiger partial charge on any atom is 0.472 e. The van der Waals surface area contributed by atoms with E-state index in [2.05, 4.69) is 0 Å². The van der Waals surface area contributed by atoms with Crippen LogP contribution in [0, 0.1) is 31.1 Å². The molecule has 0 aromatic carbocycles. The van der Waals surface area contributed by atoms with Crippen molar-refractivity contribution in [2.75, 3.05) is 52.9 Å². The van der Waals surface area contributed by atoms with Gasteiger partial charge in [-0.05, 0) is 51.4 Å². The summed E-state index contributed by atoms with van der Waals surface area (Å²) in [6, 6.07) is 0. The maximum absolute atomic E-state index is 11.1. The Balaban J connectivity index is -0.000000192. The van der Waals surface area contributed by atoms with Gasteiger partial charge < -0.3 is 19.6 Å². The molecule has 16 nitrogen and oxygen atoms in total. The molecule has 4 N–H and O–H groups in total. The van der Waals surface area contributed by atoms with Gasteiger partial charge in [-0.3, -0.25) is 36.2 Å². The molecule has 324 valence electrons. The topological polar surface area (TPSA) is 223 Å². The monoisotopic (exact) mass is 1080 g/mol. The van der Waals surface area contributed by atoms with Crippen LogP contribution in [0.4, 0.5) is 0 Å². The molecule has 0 saturated carbocycles. The summed E-state index contributed by atoms with van der Waals surface area (Å²) >= 11 is 0. The zero-order valence-electron chi connectivity index (χ0n) is 33.9. The largest absolute Gasteiger partial charge is 0.472 e. The van der Waals surface area contributed by atoms with Crippen molar-refractivity contribution < 1.29 is 105 Å². The minimum absolute atomic E-state index is 0. The molecule has 21 heteroatoms. The molecule has 0 bridgehead atoms. The fourth-order valence-electron chi connectivity index (χ4n) is 2.74. The molecule has 0 heterocycles. The molecule has 0 rings (SSSR count). The second-order valence-electron chi connectivity index (χ2n) is 11.4. The molecule has 0 spiro atoms. The van der Waals surface area contributed by atoms with Crippen LogP contribution in [0.5, 0.6) is 0 Å². The van der Waals surface area contributed by atoms with E-state index in [4.69, 9.17) is 55.8 Å². The third-order valence-corrected chi connectivity index (χ3v) is 10.1. The first-order chi connectivity index (χ1) is 24.5. The van der Waals surface area contributed by atoms with E-state index in [0.29, 0.717) is 0 Å². The van der Waals surface area contributed by atoms with Crippen LogP contribution in [0.3, 0.4) is 0 Å². The fourth-order valence-corrected chi connectivity index (χ4v) is 5.92. The molecule has 0 saturated heterocycles. The molecule has 0 unspecified atom stereocenters. The Morgan fingerprint density at radius 2 is 0.377 bits per heavy atom. The van der Waals surface area contributed by atoms with Gasteiger partial charge in [0, 0.05) is 31.1 Å². The van der Waals surface area contributed by atoms with Crippen LogP contribution < -0.4 is 0 Å². The van der Waals surface area contributed by atoms with Gasteiger partial charge in [-0.1, -0.05) is 107 Å². The Hall–Kier alpha value is 1.49. The van der Waals surface area contributed by atoms with Gasteiger partial charge in [0.1, 0.15) is 0 Å². The third kappa shape index (κ3) is 57.9. The van der Waals surface area contributed by atoms with E-state index in [-0.39, 0.29) is 84.0 Å². The summed E-state index contributed by atoms with van der Waals surface area (Å²) in [6.45, 7) is 18.2. The van der Waals surface area contributed by atoms with Crippen LogP contribution in [0.15, 0.2) is 0 Å². The molecule has 0 aliphatic carbocycles. The van der Waals surface area contributed by atoms with E-state index in [1.807, 2.05) is 55.4 Å². The Kier molecular flexibility index (Phi) is 53.6. The molecule has 0 aromatic heterocycles. The molecular formula is C32H76O16P4U. The molecule has 0 aliphatic rings. The average Bonchev–Trinajstić information content (AvgIpc) is 3.06. The first-order valence-electron chi connectivity index (χ1n) is 19.0. The molecule has 0 atom stereocenters. The number of phosphoric ester groups is 4. The molecule has 0 radical (unpaired) electrons. The van der Waals surface area contributed by atoms with Crippen LogP contribution in [-0.4, -0.2) is 72.4 Å². The Morgan fingerprint density at radius 1 is 0.283 bits per heavy atom. The first-order valence-corrected chi connectivity index (χ1v) is 24.9. The average molecular weight is 1080 g/mol. The van der Waals surface area contributed by atoms with Crippen molar-refractivity contribution in [3.8, 4) is 0 Å². The van der Waals surface area contributed by atoms with Gasteiger partial charge in [-0.2, -0.15) is 0 Å². The van der Waals surface area contributed by atoms with E-state index >= 15 is 0 Å². The summed E-state index contributed by atoms with van der Waals surface area (Å²) in [6.07, 6.45) is 13.8. The van der Waals surface area contributed by atoms with Crippen molar-refractivity contribution in [3.05, 3.63) is 0 Å². The van der Waals surface area contributed by atoms with Gasteiger partial charge in [-0.25, -0.2) is 18.3 Å². The van der Waals surface area contributed by atoms with Crippen molar-refractivity contribution in [2.45, 2.75) is 158 Å².